The highest BCUT2D eigenvalue weighted by atomic mass is 79.9. The summed E-state index contributed by atoms with van der Waals surface area (Å²) in [5.74, 6) is 0. The molecule has 7 heavy (non-hydrogen) atoms. The highest BCUT2D eigenvalue weighted by Crippen LogP contribution is 2.05. The van der Waals surface area contributed by atoms with E-state index < -0.39 is 0 Å². The molecular weight excluding hydrogens is 160 g/mol. The van der Waals surface area contributed by atoms with Crippen LogP contribution >= 0.6 is 15.9 Å². The van der Waals surface area contributed by atoms with Gasteiger partial charge in [-0.3, -0.25) is 0 Å². The highest BCUT2D eigenvalue weighted by molar-refractivity contribution is 9.09. The molecule has 0 N–H and O–H groups in total. The second-order valence-electron chi connectivity index (χ2n) is 1.48. The van der Waals surface area contributed by atoms with Crippen molar-refractivity contribution in [3.8, 4) is 0 Å². The summed E-state index contributed by atoms with van der Waals surface area (Å²) in [6.07, 6.45) is -0.236. The minimum absolute atomic E-state index is 0.144. The molecule has 2 unspecified atom stereocenters. The third-order valence-corrected chi connectivity index (χ3v) is 1.54. The van der Waals surface area contributed by atoms with Gasteiger partial charge in [-0.05, 0) is 12.2 Å². The zero-order valence-corrected chi connectivity index (χ0v) is 5.94. The molecule has 1 radical (unpaired) electrons. The lowest BCUT2D eigenvalue weighted by Gasteiger charge is -2.05. The average Bonchev–Trinajstić information content (AvgIpc) is 1.65. The van der Waals surface area contributed by atoms with E-state index in [1.807, 2.05) is 6.92 Å². The summed E-state index contributed by atoms with van der Waals surface area (Å²) in [6.45, 7) is 3.58. The van der Waals surface area contributed by atoms with Crippen LogP contribution in [0.2, 0.25) is 0 Å². The summed E-state index contributed by atoms with van der Waals surface area (Å²) in [5, 5.41) is 9.54. The van der Waals surface area contributed by atoms with E-state index in [-0.39, 0.29) is 10.9 Å². The van der Waals surface area contributed by atoms with E-state index in [1.54, 1.807) is 6.92 Å². The number of hydrogen-bond donors (Lipinski definition) is 0. The molecule has 0 bridgehead atoms. The molecule has 0 aromatic heterocycles. The van der Waals surface area contributed by atoms with Gasteiger partial charge in [0.2, 0.25) is 0 Å². The molecule has 2 atom stereocenters. The SMILES string of the molecule is CC(Br)C(C)O[O]. The lowest BCUT2D eigenvalue weighted by molar-refractivity contribution is -0.329. The smallest absolute Gasteiger partial charge is 0.106 e. The minimum Gasteiger partial charge on any atom is -0.200 e. The van der Waals surface area contributed by atoms with E-state index in [2.05, 4.69) is 20.8 Å². The van der Waals surface area contributed by atoms with Gasteiger partial charge in [0.15, 0.2) is 0 Å². The maximum Gasteiger partial charge on any atom is 0.106 e. The molecule has 0 aromatic carbocycles. The van der Waals surface area contributed by atoms with Gasteiger partial charge in [-0.1, -0.05) is 22.9 Å². The van der Waals surface area contributed by atoms with E-state index >= 15 is 0 Å². The Morgan fingerprint density at radius 2 is 2.00 bits per heavy atom. The maximum atomic E-state index is 9.54. The fraction of sp³-hybridized carbons (Fsp3) is 1.00. The number of halogens is 1. The predicted molar refractivity (Wildman–Crippen MR) is 29.6 cm³/mol. The van der Waals surface area contributed by atoms with Crippen molar-refractivity contribution in [2.24, 2.45) is 0 Å². The van der Waals surface area contributed by atoms with Gasteiger partial charge in [-0.15, -0.1) is 0 Å². The normalized spacial score (nSPS) is 18.9. The Balaban J connectivity index is 3.14. The Labute approximate surface area is 51.5 Å². The summed E-state index contributed by atoms with van der Waals surface area (Å²) < 4.78 is 0. The van der Waals surface area contributed by atoms with Crippen LogP contribution in [-0.2, 0) is 10.1 Å². The van der Waals surface area contributed by atoms with Gasteiger partial charge in [0.25, 0.3) is 0 Å². The average molecular weight is 168 g/mol. The summed E-state index contributed by atoms with van der Waals surface area (Å²) in [7, 11) is 0. The van der Waals surface area contributed by atoms with E-state index in [4.69, 9.17) is 0 Å². The molecule has 0 aromatic rings. The fourth-order valence-electron chi connectivity index (χ4n) is 0.0766. The van der Waals surface area contributed by atoms with E-state index in [9.17, 15) is 5.26 Å². The second kappa shape index (κ2) is 3.41. The van der Waals surface area contributed by atoms with Gasteiger partial charge in [-0.25, -0.2) is 0 Å². The van der Waals surface area contributed by atoms with Crippen LogP contribution in [0.15, 0.2) is 0 Å². The molecule has 3 heteroatoms. The predicted octanol–water partition coefficient (Wildman–Crippen LogP) is 1.52. The monoisotopic (exact) mass is 167 g/mol. The Morgan fingerprint density at radius 1 is 1.57 bits per heavy atom. The molecule has 0 spiro atoms. The van der Waals surface area contributed by atoms with Crippen LogP contribution in [0.5, 0.6) is 0 Å². The lowest BCUT2D eigenvalue weighted by atomic mass is 10.3. The van der Waals surface area contributed by atoms with Crippen LogP contribution < -0.4 is 0 Å². The van der Waals surface area contributed by atoms with E-state index in [1.165, 1.54) is 0 Å². The Kier molecular flexibility index (Phi) is 3.60. The van der Waals surface area contributed by atoms with Gasteiger partial charge < -0.3 is 0 Å². The lowest BCUT2D eigenvalue weighted by Crippen LogP contribution is -2.14. The largest absolute Gasteiger partial charge is 0.200 e. The molecule has 0 saturated heterocycles. The summed E-state index contributed by atoms with van der Waals surface area (Å²) >= 11 is 3.17. The summed E-state index contributed by atoms with van der Waals surface area (Å²) in [4.78, 5) is 3.86. The fourth-order valence-corrected chi connectivity index (χ4v) is 0.165. The third-order valence-electron chi connectivity index (χ3n) is 0.799. The summed E-state index contributed by atoms with van der Waals surface area (Å²) in [5.41, 5.74) is 0. The first-order chi connectivity index (χ1) is 3.18. The van der Waals surface area contributed by atoms with Crippen LogP contribution in [0.1, 0.15) is 13.8 Å². The maximum absolute atomic E-state index is 9.54. The molecule has 0 aliphatic carbocycles. The zero-order chi connectivity index (χ0) is 5.86. The Bertz CT molecular complexity index is 47.0. The number of hydrogen-bond acceptors (Lipinski definition) is 1. The first-order valence-corrected chi connectivity index (χ1v) is 3.02. The molecule has 43 valence electrons. The zero-order valence-electron chi connectivity index (χ0n) is 4.35. The van der Waals surface area contributed by atoms with Crippen molar-refractivity contribution in [2.45, 2.75) is 24.8 Å². The topological polar surface area (TPSA) is 29.1 Å². The molecular formula is C4H8BrO2. The minimum atomic E-state index is -0.236. The Hall–Kier alpha value is 0.400. The molecule has 0 amide bonds. The standard InChI is InChI=1S/C4H8BrO2/c1-3(5)4(2)7-6/h3-4H,1-2H3. The molecule has 0 fully saturated rings. The van der Waals surface area contributed by atoms with E-state index in [0.29, 0.717) is 0 Å². The van der Waals surface area contributed by atoms with Crippen molar-refractivity contribution < 1.29 is 10.1 Å². The van der Waals surface area contributed by atoms with Crippen molar-refractivity contribution in [1.29, 1.82) is 0 Å². The van der Waals surface area contributed by atoms with E-state index in [0.717, 1.165) is 0 Å². The molecule has 0 heterocycles. The highest BCUT2D eigenvalue weighted by Gasteiger charge is 2.07. The van der Waals surface area contributed by atoms with Crippen LogP contribution in [-0.4, -0.2) is 10.9 Å². The van der Waals surface area contributed by atoms with Crippen molar-refractivity contribution in [3.63, 3.8) is 0 Å². The van der Waals surface area contributed by atoms with Crippen molar-refractivity contribution in [1.82, 2.24) is 0 Å². The van der Waals surface area contributed by atoms with Crippen LogP contribution in [0.25, 0.3) is 0 Å². The molecule has 0 aliphatic rings. The third kappa shape index (κ3) is 3.02. The molecule has 0 rings (SSSR count). The molecule has 0 aliphatic heterocycles. The van der Waals surface area contributed by atoms with Crippen LogP contribution in [0.4, 0.5) is 0 Å². The van der Waals surface area contributed by atoms with Gasteiger partial charge in [0.1, 0.15) is 6.10 Å². The van der Waals surface area contributed by atoms with Crippen LogP contribution in [0.3, 0.4) is 0 Å². The van der Waals surface area contributed by atoms with Gasteiger partial charge in [0.05, 0.1) is 0 Å². The van der Waals surface area contributed by atoms with Gasteiger partial charge >= 0.3 is 0 Å². The summed E-state index contributed by atoms with van der Waals surface area (Å²) in [6, 6.07) is 0. The van der Waals surface area contributed by atoms with Crippen molar-refractivity contribution in [2.75, 3.05) is 0 Å². The number of rotatable bonds is 2. The van der Waals surface area contributed by atoms with Crippen molar-refractivity contribution >= 4 is 15.9 Å². The van der Waals surface area contributed by atoms with Crippen molar-refractivity contribution in [3.05, 3.63) is 0 Å². The first-order valence-electron chi connectivity index (χ1n) is 2.11. The first kappa shape index (κ1) is 7.40. The Morgan fingerprint density at radius 3 is 2.00 bits per heavy atom. The molecule has 2 nitrogen and oxygen atoms in total. The van der Waals surface area contributed by atoms with Crippen LogP contribution in [0, 0.1) is 0 Å². The second-order valence-corrected chi connectivity index (χ2v) is 2.92. The quantitative estimate of drug-likeness (QED) is 0.349. The van der Waals surface area contributed by atoms with Gasteiger partial charge in [0, 0.05) is 4.83 Å². The van der Waals surface area contributed by atoms with Gasteiger partial charge in [-0.2, -0.15) is 4.89 Å². The number of alkyl halides is 1. The molecule has 0 saturated carbocycles.